The van der Waals surface area contributed by atoms with Gasteiger partial charge in [0.05, 0.1) is 0 Å². The summed E-state index contributed by atoms with van der Waals surface area (Å²) in [6.45, 7) is 0. The van der Waals surface area contributed by atoms with E-state index in [4.69, 9.17) is 6.42 Å². The first-order chi connectivity index (χ1) is 11.8. The summed E-state index contributed by atoms with van der Waals surface area (Å²) in [5.74, 6) is 15.0. The highest BCUT2D eigenvalue weighted by Gasteiger charge is 1.96. The van der Waals surface area contributed by atoms with Gasteiger partial charge in [0, 0.05) is 52.6 Å². The molecule has 110 valence electrons. The van der Waals surface area contributed by atoms with Crippen molar-refractivity contribution in [3.63, 3.8) is 0 Å². The van der Waals surface area contributed by atoms with Crippen LogP contribution >= 0.6 is 0 Å². The Balaban J connectivity index is 1.94. The SMILES string of the molecule is C#Cc1cc(C#Cc2cccnc2)cc(C#Cc2cccnc2)c1. The molecule has 0 radical (unpaired) electrons. The van der Waals surface area contributed by atoms with Crippen LogP contribution in [0.25, 0.3) is 0 Å². The molecule has 0 spiro atoms. The minimum atomic E-state index is 0.753. The largest absolute Gasteiger partial charge is 0.263 e. The molecule has 0 aliphatic carbocycles. The summed E-state index contributed by atoms with van der Waals surface area (Å²) in [4.78, 5) is 8.10. The van der Waals surface area contributed by atoms with E-state index in [1.807, 2.05) is 42.5 Å². The van der Waals surface area contributed by atoms with Crippen molar-refractivity contribution >= 4 is 0 Å². The highest BCUT2D eigenvalue weighted by atomic mass is 14.6. The van der Waals surface area contributed by atoms with Crippen LogP contribution in [0.1, 0.15) is 27.8 Å². The second-order valence-electron chi connectivity index (χ2n) is 4.93. The number of hydrogen-bond donors (Lipinski definition) is 0. The molecule has 2 heteroatoms. The fourth-order valence-corrected chi connectivity index (χ4v) is 2.02. The van der Waals surface area contributed by atoms with Gasteiger partial charge in [-0.15, -0.1) is 6.42 Å². The first-order valence-corrected chi connectivity index (χ1v) is 7.29. The lowest BCUT2D eigenvalue weighted by Gasteiger charge is -1.97. The maximum absolute atomic E-state index is 5.54. The van der Waals surface area contributed by atoms with Gasteiger partial charge in [-0.2, -0.15) is 0 Å². The Bertz CT molecular complexity index is 930. The minimum absolute atomic E-state index is 0.753. The molecule has 0 atom stereocenters. The van der Waals surface area contributed by atoms with Gasteiger partial charge in [0.2, 0.25) is 0 Å². The number of rotatable bonds is 0. The van der Waals surface area contributed by atoms with Crippen molar-refractivity contribution in [3.8, 4) is 36.0 Å². The van der Waals surface area contributed by atoms with Crippen molar-refractivity contribution in [1.82, 2.24) is 9.97 Å². The summed E-state index contributed by atoms with van der Waals surface area (Å²) in [6.07, 6.45) is 12.4. The zero-order chi connectivity index (χ0) is 16.6. The average Bonchev–Trinajstić information content (AvgIpc) is 2.66. The van der Waals surface area contributed by atoms with E-state index in [1.54, 1.807) is 24.8 Å². The van der Waals surface area contributed by atoms with Crippen molar-refractivity contribution in [2.24, 2.45) is 0 Å². The number of benzene rings is 1. The van der Waals surface area contributed by atoms with Crippen molar-refractivity contribution in [2.75, 3.05) is 0 Å². The Morgan fingerprint density at radius 1 is 0.625 bits per heavy atom. The predicted octanol–water partition coefficient (Wildman–Crippen LogP) is 3.26. The van der Waals surface area contributed by atoms with Gasteiger partial charge in [0.15, 0.2) is 0 Å². The first kappa shape index (κ1) is 15.1. The highest BCUT2D eigenvalue weighted by Crippen LogP contribution is 2.09. The van der Waals surface area contributed by atoms with Crippen molar-refractivity contribution in [1.29, 1.82) is 0 Å². The fourth-order valence-electron chi connectivity index (χ4n) is 2.02. The molecule has 0 aliphatic heterocycles. The summed E-state index contributed by atoms with van der Waals surface area (Å²) in [7, 11) is 0. The Kier molecular flexibility index (Phi) is 4.70. The number of hydrogen-bond acceptors (Lipinski definition) is 2. The van der Waals surface area contributed by atoms with Crippen LogP contribution in [0.5, 0.6) is 0 Å². The van der Waals surface area contributed by atoms with Gasteiger partial charge < -0.3 is 0 Å². The number of terminal acetylenes is 1. The smallest absolute Gasteiger partial charge is 0.0432 e. The summed E-state index contributed by atoms with van der Waals surface area (Å²) < 4.78 is 0. The van der Waals surface area contributed by atoms with E-state index in [0.717, 1.165) is 27.8 Å². The molecule has 24 heavy (non-hydrogen) atoms. The van der Waals surface area contributed by atoms with Gasteiger partial charge in [-0.1, -0.05) is 29.6 Å². The lowest BCUT2D eigenvalue weighted by atomic mass is 10.1. The van der Waals surface area contributed by atoms with Gasteiger partial charge >= 0.3 is 0 Å². The molecule has 0 fully saturated rings. The third-order valence-electron chi connectivity index (χ3n) is 3.13. The van der Waals surface area contributed by atoms with Gasteiger partial charge in [-0.05, 0) is 42.5 Å². The van der Waals surface area contributed by atoms with Crippen LogP contribution in [-0.4, -0.2) is 9.97 Å². The summed E-state index contributed by atoms with van der Waals surface area (Å²) in [5.41, 5.74) is 4.11. The number of nitrogens with zero attached hydrogens (tertiary/aromatic N) is 2. The molecule has 0 saturated heterocycles. The molecule has 0 unspecified atom stereocenters. The van der Waals surface area contributed by atoms with Gasteiger partial charge in [0.25, 0.3) is 0 Å². The molecule has 2 aromatic heterocycles. The topological polar surface area (TPSA) is 25.8 Å². The van der Waals surface area contributed by atoms with Gasteiger partial charge in [-0.3, -0.25) is 9.97 Å². The highest BCUT2D eigenvalue weighted by molar-refractivity contribution is 5.53. The molecule has 3 rings (SSSR count). The summed E-state index contributed by atoms with van der Waals surface area (Å²) in [5, 5.41) is 0. The van der Waals surface area contributed by atoms with E-state index in [1.165, 1.54) is 0 Å². The van der Waals surface area contributed by atoms with E-state index in [-0.39, 0.29) is 0 Å². The van der Waals surface area contributed by atoms with Gasteiger partial charge in [0.1, 0.15) is 0 Å². The van der Waals surface area contributed by atoms with Gasteiger partial charge in [-0.25, -0.2) is 0 Å². The fraction of sp³-hybridized carbons (Fsp3) is 0. The summed E-state index contributed by atoms with van der Waals surface area (Å²) >= 11 is 0. The molecule has 1 aromatic carbocycles. The van der Waals surface area contributed by atoms with Crippen LogP contribution in [-0.2, 0) is 0 Å². The van der Waals surface area contributed by atoms with Crippen LogP contribution in [0, 0.1) is 36.0 Å². The third kappa shape index (κ3) is 4.11. The third-order valence-corrected chi connectivity index (χ3v) is 3.13. The second-order valence-corrected chi connectivity index (χ2v) is 4.93. The number of pyridine rings is 2. The van der Waals surface area contributed by atoms with Crippen LogP contribution in [0.3, 0.4) is 0 Å². The number of aromatic nitrogens is 2. The quantitative estimate of drug-likeness (QED) is 0.596. The molecule has 0 aliphatic rings. The molecule has 0 amide bonds. The van der Waals surface area contributed by atoms with Crippen LogP contribution in [0.2, 0.25) is 0 Å². The average molecular weight is 304 g/mol. The zero-order valence-electron chi connectivity index (χ0n) is 12.8. The molecule has 2 heterocycles. The maximum Gasteiger partial charge on any atom is 0.0432 e. The minimum Gasteiger partial charge on any atom is -0.263 e. The van der Waals surface area contributed by atoms with Crippen molar-refractivity contribution in [3.05, 3.63) is 95.1 Å². The predicted molar refractivity (Wildman–Crippen MR) is 94.8 cm³/mol. The van der Waals surface area contributed by atoms with E-state index >= 15 is 0 Å². The monoisotopic (exact) mass is 304 g/mol. The molecule has 0 saturated carbocycles. The van der Waals surface area contributed by atoms with Crippen LogP contribution < -0.4 is 0 Å². The normalized spacial score (nSPS) is 8.96. The Labute approximate surface area is 141 Å². The molecular formula is C22H12N2. The second kappa shape index (κ2) is 7.46. The summed E-state index contributed by atoms with van der Waals surface area (Å²) in [6, 6.07) is 13.2. The molecule has 2 nitrogen and oxygen atoms in total. The molecule has 0 bridgehead atoms. The molecule has 3 aromatic rings. The Hall–Kier alpha value is -3.80. The lowest BCUT2D eigenvalue weighted by Crippen LogP contribution is -1.85. The molecule has 0 N–H and O–H groups in total. The maximum atomic E-state index is 5.54. The Morgan fingerprint density at radius 3 is 1.50 bits per heavy atom. The van der Waals surface area contributed by atoms with Crippen molar-refractivity contribution in [2.45, 2.75) is 0 Å². The Morgan fingerprint density at radius 2 is 1.08 bits per heavy atom. The molecular weight excluding hydrogens is 292 g/mol. The van der Waals surface area contributed by atoms with Crippen LogP contribution in [0.4, 0.5) is 0 Å². The van der Waals surface area contributed by atoms with E-state index < -0.39 is 0 Å². The lowest BCUT2D eigenvalue weighted by molar-refractivity contribution is 1.31. The first-order valence-electron chi connectivity index (χ1n) is 7.29. The standard InChI is InChI=1S/C22H12N2/c1-2-18-13-21(9-7-19-5-3-11-23-16-19)15-22(14-18)10-8-20-6-4-12-24-17-20/h1,3-6,11-17H. The van der Waals surface area contributed by atoms with E-state index in [2.05, 4.69) is 39.6 Å². The van der Waals surface area contributed by atoms with Crippen molar-refractivity contribution < 1.29 is 0 Å². The zero-order valence-corrected chi connectivity index (χ0v) is 12.8. The van der Waals surface area contributed by atoms with E-state index in [0.29, 0.717) is 0 Å². The van der Waals surface area contributed by atoms with E-state index in [9.17, 15) is 0 Å². The van der Waals surface area contributed by atoms with Crippen LogP contribution in [0.15, 0.2) is 67.3 Å².